The number of hydrogen-bond donors (Lipinski definition) is 0. The van der Waals surface area contributed by atoms with E-state index in [1.54, 1.807) is 22.2 Å². The second-order valence-corrected chi connectivity index (χ2v) is 4.16. The summed E-state index contributed by atoms with van der Waals surface area (Å²) in [4.78, 5) is 4.84. The van der Waals surface area contributed by atoms with Gasteiger partial charge in [-0.2, -0.15) is 0 Å². The van der Waals surface area contributed by atoms with Gasteiger partial charge in [0, 0.05) is 23.3 Å². The monoisotopic (exact) mass is 236 g/mol. The Morgan fingerprint density at radius 2 is 2.12 bits per heavy atom. The Morgan fingerprint density at radius 1 is 1.25 bits per heavy atom. The average Bonchev–Trinajstić information content (AvgIpc) is 2.83. The first-order chi connectivity index (χ1) is 7.75. The van der Waals surface area contributed by atoms with Gasteiger partial charge in [0.25, 0.3) is 0 Å². The van der Waals surface area contributed by atoms with E-state index in [2.05, 4.69) is 4.98 Å². The first kappa shape index (κ1) is 9.47. The molecule has 0 amide bonds. The van der Waals surface area contributed by atoms with Crippen LogP contribution in [0.5, 0.6) is 0 Å². The Kier molecular flexibility index (Phi) is 2.00. The third kappa shape index (κ3) is 1.32. The van der Waals surface area contributed by atoms with Crippen molar-refractivity contribution >= 4 is 16.3 Å². The van der Waals surface area contributed by atoms with E-state index in [4.69, 9.17) is 0 Å². The molecule has 2 nitrogen and oxygen atoms in total. The van der Waals surface area contributed by atoms with Gasteiger partial charge in [-0.25, -0.2) is 13.8 Å². The number of thiazole rings is 1. The minimum Gasteiger partial charge on any atom is -0.290 e. The zero-order valence-corrected chi connectivity index (χ0v) is 8.84. The number of fused-ring (bicyclic) bond motifs is 1. The van der Waals surface area contributed by atoms with Crippen LogP contribution in [-0.4, -0.2) is 9.38 Å². The normalized spacial score (nSPS) is 11.1. The maximum Gasteiger partial charge on any atom is 0.194 e. The molecule has 0 saturated heterocycles. The van der Waals surface area contributed by atoms with Gasteiger partial charge in [-0.3, -0.25) is 4.40 Å². The van der Waals surface area contributed by atoms with Crippen LogP contribution in [0, 0.1) is 11.6 Å². The van der Waals surface area contributed by atoms with E-state index < -0.39 is 11.6 Å². The van der Waals surface area contributed by atoms with Gasteiger partial charge >= 0.3 is 0 Å². The highest BCUT2D eigenvalue weighted by Gasteiger charge is 2.11. The van der Waals surface area contributed by atoms with Crippen LogP contribution in [-0.2, 0) is 0 Å². The molecule has 5 heteroatoms. The third-order valence-electron chi connectivity index (χ3n) is 2.35. The first-order valence-corrected chi connectivity index (χ1v) is 5.49. The van der Waals surface area contributed by atoms with Gasteiger partial charge in [0.2, 0.25) is 0 Å². The van der Waals surface area contributed by atoms with Crippen molar-refractivity contribution in [2.24, 2.45) is 0 Å². The minimum atomic E-state index is -0.448. The smallest absolute Gasteiger partial charge is 0.194 e. The van der Waals surface area contributed by atoms with Gasteiger partial charge in [-0.15, -0.1) is 11.3 Å². The van der Waals surface area contributed by atoms with E-state index in [1.807, 2.05) is 0 Å². The van der Waals surface area contributed by atoms with Crippen molar-refractivity contribution in [3.05, 3.63) is 47.6 Å². The molecular weight excluding hydrogens is 230 g/mol. The maximum absolute atomic E-state index is 13.6. The Morgan fingerprint density at radius 3 is 3.00 bits per heavy atom. The standard InChI is InChI=1S/C11H6F2N2S/c12-7-1-2-9(13)8(5-7)10-6-16-11-14-3-4-15(10)11/h1-6H. The van der Waals surface area contributed by atoms with Crippen LogP contribution < -0.4 is 0 Å². The molecule has 0 bridgehead atoms. The van der Waals surface area contributed by atoms with Crippen LogP contribution in [0.25, 0.3) is 16.2 Å². The van der Waals surface area contributed by atoms with Crippen molar-refractivity contribution in [2.45, 2.75) is 0 Å². The predicted octanol–water partition coefficient (Wildman–Crippen LogP) is 3.34. The summed E-state index contributed by atoms with van der Waals surface area (Å²) < 4.78 is 28.4. The summed E-state index contributed by atoms with van der Waals surface area (Å²) >= 11 is 1.39. The molecule has 1 aromatic carbocycles. The lowest BCUT2D eigenvalue weighted by molar-refractivity contribution is 0.602. The number of aromatic nitrogens is 2. The molecule has 16 heavy (non-hydrogen) atoms. The molecule has 2 aromatic heterocycles. The molecule has 0 atom stereocenters. The largest absolute Gasteiger partial charge is 0.290 e. The molecular formula is C11H6F2N2S. The van der Waals surface area contributed by atoms with Crippen molar-refractivity contribution in [3.63, 3.8) is 0 Å². The van der Waals surface area contributed by atoms with Crippen LogP contribution in [0.2, 0.25) is 0 Å². The fourth-order valence-corrected chi connectivity index (χ4v) is 2.46. The third-order valence-corrected chi connectivity index (χ3v) is 3.20. The van der Waals surface area contributed by atoms with Gasteiger partial charge in [0.15, 0.2) is 4.96 Å². The van der Waals surface area contributed by atoms with Crippen molar-refractivity contribution in [2.75, 3.05) is 0 Å². The van der Waals surface area contributed by atoms with Gasteiger partial charge in [-0.05, 0) is 18.2 Å². The van der Waals surface area contributed by atoms with Crippen molar-refractivity contribution in [1.82, 2.24) is 9.38 Å². The van der Waals surface area contributed by atoms with Gasteiger partial charge in [-0.1, -0.05) is 0 Å². The topological polar surface area (TPSA) is 17.3 Å². The molecule has 0 radical (unpaired) electrons. The summed E-state index contributed by atoms with van der Waals surface area (Å²) in [5.41, 5.74) is 0.874. The summed E-state index contributed by atoms with van der Waals surface area (Å²) in [5, 5.41) is 1.76. The van der Waals surface area contributed by atoms with Gasteiger partial charge in [0.1, 0.15) is 11.6 Å². The van der Waals surface area contributed by atoms with Crippen LogP contribution in [0.4, 0.5) is 8.78 Å². The van der Waals surface area contributed by atoms with Crippen molar-refractivity contribution in [1.29, 1.82) is 0 Å². The van der Waals surface area contributed by atoms with E-state index >= 15 is 0 Å². The lowest BCUT2D eigenvalue weighted by Gasteiger charge is -2.01. The maximum atomic E-state index is 13.6. The quantitative estimate of drug-likeness (QED) is 0.633. The van der Waals surface area contributed by atoms with Crippen LogP contribution in [0.3, 0.4) is 0 Å². The SMILES string of the molecule is Fc1ccc(F)c(-c2csc3nccn23)c1. The summed E-state index contributed by atoms with van der Waals surface area (Å²) in [6.45, 7) is 0. The number of benzene rings is 1. The number of halogens is 2. The molecule has 2 heterocycles. The Hall–Kier alpha value is -1.75. The summed E-state index contributed by atoms with van der Waals surface area (Å²) in [6.07, 6.45) is 3.36. The van der Waals surface area contributed by atoms with E-state index in [9.17, 15) is 8.78 Å². The zero-order chi connectivity index (χ0) is 11.1. The molecule has 0 aliphatic carbocycles. The number of hydrogen-bond acceptors (Lipinski definition) is 2. The Bertz CT molecular complexity index is 657. The van der Waals surface area contributed by atoms with Crippen molar-refractivity contribution < 1.29 is 8.78 Å². The lowest BCUT2D eigenvalue weighted by Crippen LogP contribution is -1.89. The molecule has 0 spiro atoms. The van der Waals surface area contributed by atoms with Crippen molar-refractivity contribution in [3.8, 4) is 11.3 Å². The number of rotatable bonds is 1. The number of nitrogens with zero attached hydrogens (tertiary/aromatic N) is 2. The van der Waals surface area contributed by atoms with E-state index in [0.29, 0.717) is 5.69 Å². The second kappa shape index (κ2) is 3.38. The Labute approximate surface area is 93.8 Å². The minimum absolute atomic E-state index is 0.254. The molecule has 0 saturated carbocycles. The predicted molar refractivity (Wildman–Crippen MR) is 58.4 cm³/mol. The molecule has 0 unspecified atom stereocenters. The molecule has 0 aliphatic rings. The van der Waals surface area contributed by atoms with Gasteiger partial charge < -0.3 is 0 Å². The highest BCUT2D eigenvalue weighted by Crippen LogP contribution is 2.28. The second-order valence-electron chi connectivity index (χ2n) is 3.32. The summed E-state index contributed by atoms with van der Waals surface area (Å²) in [5.74, 6) is -0.884. The molecule has 0 fully saturated rings. The summed E-state index contributed by atoms with van der Waals surface area (Å²) in [6, 6.07) is 3.43. The highest BCUT2D eigenvalue weighted by atomic mass is 32.1. The summed E-state index contributed by atoms with van der Waals surface area (Å²) in [7, 11) is 0. The van der Waals surface area contributed by atoms with E-state index in [0.717, 1.165) is 17.1 Å². The first-order valence-electron chi connectivity index (χ1n) is 4.62. The Balaban J connectivity index is 2.30. The molecule has 3 aromatic rings. The fraction of sp³-hybridized carbons (Fsp3) is 0. The van der Waals surface area contributed by atoms with Gasteiger partial charge in [0.05, 0.1) is 5.69 Å². The van der Waals surface area contributed by atoms with Crippen LogP contribution >= 0.6 is 11.3 Å². The van der Waals surface area contributed by atoms with E-state index in [1.165, 1.54) is 17.4 Å². The van der Waals surface area contributed by atoms with E-state index in [-0.39, 0.29) is 5.56 Å². The molecule has 0 N–H and O–H groups in total. The van der Waals surface area contributed by atoms with Crippen LogP contribution in [0.1, 0.15) is 0 Å². The fourth-order valence-electron chi connectivity index (χ4n) is 1.61. The lowest BCUT2D eigenvalue weighted by atomic mass is 10.1. The zero-order valence-electron chi connectivity index (χ0n) is 8.02. The molecule has 80 valence electrons. The molecule has 0 aliphatic heterocycles. The number of imidazole rings is 1. The molecule has 3 rings (SSSR count). The van der Waals surface area contributed by atoms with Crippen LogP contribution in [0.15, 0.2) is 36.0 Å². The average molecular weight is 236 g/mol. The highest BCUT2D eigenvalue weighted by molar-refractivity contribution is 7.15.